The number of carbonyl (C=O) groups excluding carboxylic acids is 3. The van der Waals surface area contributed by atoms with Crippen LogP contribution in [0.15, 0.2) is 59.1 Å². The summed E-state index contributed by atoms with van der Waals surface area (Å²) in [7, 11) is 0. The minimum absolute atomic E-state index is 0.0471. The van der Waals surface area contributed by atoms with Crippen LogP contribution < -0.4 is 10.6 Å². The van der Waals surface area contributed by atoms with Crippen LogP contribution in [-0.4, -0.2) is 52.7 Å². The highest BCUT2D eigenvalue weighted by Crippen LogP contribution is 2.28. The van der Waals surface area contributed by atoms with Crippen molar-refractivity contribution < 1.29 is 19.1 Å². The number of aromatic nitrogens is 2. The van der Waals surface area contributed by atoms with Gasteiger partial charge in [-0.2, -0.15) is 0 Å². The van der Waals surface area contributed by atoms with E-state index >= 15 is 0 Å². The fourth-order valence-corrected chi connectivity index (χ4v) is 4.11. The molecule has 0 bridgehead atoms. The van der Waals surface area contributed by atoms with Crippen molar-refractivity contribution >= 4 is 50.3 Å². The number of esters is 1. The van der Waals surface area contributed by atoms with E-state index in [2.05, 4.69) is 36.8 Å². The topological polar surface area (TPSA) is 114 Å². The van der Waals surface area contributed by atoms with Gasteiger partial charge in [0.2, 0.25) is 11.0 Å². The molecule has 0 fully saturated rings. The fraction of sp³-hybridized carbons (Fsp3) is 0.261. The smallest absolute Gasteiger partial charge is 0.325 e. The lowest BCUT2D eigenvalue weighted by Gasteiger charge is -2.23. The van der Waals surface area contributed by atoms with Crippen LogP contribution in [0.5, 0.6) is 0 Å². The van der Waals surface area contributed by atoms with Crippen molar-refractivity contribution in [3.63, 3.8) is 0 Å². The van der Waals surface area contributed by atoms with Crippen molar-refractivity contribution in [2.45, 2.75) is 19.9 Å². The number of hydrogen-bond donors (Lipinski definition) is 2. The molecule has 0 saturated carbocycles. The summed E-state index contributed by atoms with van der Waals surface area (Å²) >= 11 is 4.69. The van der Waals surface area contributed by atoms with E-state index in [0.29, 0.717) is 10.1 Å². The summed E-state index contributed by atoms with van der Waals surface area (Å²) in [5, 5.41) is 14.5. The third-order valence-corrected chi connectivity index (χ3v) is 5.93. The summed E-state index contributed by atoms with van der Waals surface area (Å²) in [6, 6.07) is 16.6. The van der Waals surface area contributed by atoms with Gasteiger partial charge in [-0.05, 0) is 24.6 Å². The Balaban J connectivity index is 1.58. The first-order valence-corrected chi connectivity index (χ1v) is 12.2. The maximum Gasteiger partial charge on any atom is 0.325 e. The van der Waals surface area contributed by atoms with Gasteiger partial charge in [-0.3, -0.25) is 9.59 Å². The molecule has 34 heavy (non-hydrogen) atoms. The second kappa shape index (κ2) is 12.8. The van der Waals surface area contributed by atoms with E-state index in [1.54, 1.807) is 6.92 Å². The van der Waals surface area contributed by atoms with E-state index in [1.165, 1.54) is 16.2 Å². The van der Waals surface area contributed by atoms with Gasteiger partial charge in [0.25, 0.3) is 0 Å². The Labute approximate surface area is 209 Å². The molecular formula is C23H24BrN5O4S. The Kier molecular flexibility index (Phi) is 9.53. The molecule has 1 aromatic heterocycles. The standard InChI is InChI=1S/C23H24BrN5O4S/c1-2-33-20(31)14-25-23(32)29(15-16-7-4-3-5-8-16)12-11-19(30)26-22-28-27-21(34-22)17-9-6-10-18(24)13-17/h3-10,13H,2,11-12,14-15H2,1H3,(H,25,32)(H,26,28,30). The van der Waals surface area contributed by atoms with Crippen LogP contribution in [0.4, 0.5) is 9.93 Å². The molecule has 0 spiro atoms. The first-order valence-electron chi connectivity index (χ1n) is 10.6. The molecule has 0 radical (unpaired) electrons. The molecule has 0 aliphatic heterocycles. The van der Waals surface area contributed by atoms with E-state index in [1.807, 2.05) is 54.6 Å². The maximum atomic E-state index is 12.7. The molecular weight excluding hydrogens is 522 g/mol. The predicted octanol–water partition coefficient (Wildman–Crippen LogP) is 4.07. The third-order valence-electron chi connectivity index (χ3n) is 4.54. The SMILES string of the molecule is CCOC(=O)CNC(=O)N(CCC(=O)Nc1nnc(-c2cccc(Br)c2)s1)Cc1ccccc1. The summed E-state index contributed by atoms with van der Waals surface area (Å²) in [5.41, 5.74) is 1.79. The Morgan fingerprint density at radius 3 is 2.62 bits per heavy atom. The minimum Gasteiger partial charge on any atom is -0.465 e. The highest BCUT2D eigenvalue weighted by atomic mass is 79.9. The van der Waals surface area contributed by atoms with Crippen molar-refractivity contribution in [2.75, 3.05) is 25.0 Å². The molecule has 0 aliphatic carbocycles. The lowest BCUT2D eigenvalue weighted by molar-refractivity contribution is -0.141. The lowest BCUT2D eigenvalue weighted by Crippen LogP contribution is -2.43. The molecule has 0 unspecified atom stereocenters. The molecule has 2 N–H and O–H groups in total. The monoisotopic (exact) mass is 545 g/mol. The predicted molar refractivity (Wildman–Crippen MR) is 133 cm³/mol. The highest BCUT2D eigenvalue weighted by molar-refractivity contribution is 9.10. The van der Waals surface area contributed by atoms with Gasteiger partial charge in [-0.15, -0.1) is 10.2 Å². The van der Waals surface area contributed by atoms with E-state index in [0.717, 1.165) is 15.6 Å². The zero-order valence-corrected chi connectivity index (χ0v) is 20.9. The van der Waals surface area contributed by atoms with E-state index < -0.39 is 12.0 Å². The number of benzene rings is 2. The van der Waals surface area contributed by atoms with E-state index in [-0.39, 0.29) is 38.6 Å². The summed E-state index contributed by atoms with van der Waals surface area (Å²) in [5.74, 6) is -0.820. The number of halogens is 1. The fourth-order valence-electron chi connectivity index (χ4n) is 2.96. The lowest BCUT2D eigenvalue weighted by atomic mass is 10.2. The molecule has 3 rings (SSSR count). The van der Waals surface area contributed by atoms with Gasteiger partial charge in [0.05, 0.1) is 6.61 Å². The number of rotatable bonds is 10. The van der Waals surface area contributed by atoms with Gasteiger partial charge >= 0.3 is 12.0 Å². The summed E-state index contributed by atoms with van der Waals surface area (Å²) < 4.78 is 5.77. The number of ether oxygens (including phenoxy) is 1. The van der Waals surface area contributed by atoms with Crippen LogP contribution >= 0.6 is 27.3 Å². The number of amides is 3. The summed E-state index contributed by atoms with van der Waals surface area (Å²) in [6.45, 7) is 2.12. The average molecular weight is 546 g/mol. The van der Waals surface area contributed by atoms with Crippen molar-refractivity contribution in [3.05, 3.63) is 64.6 Å². The van der Waals surface area contributed by atoms with Crippen molar-refractivity contribution in [2.24, 2.45) is 0 Å². The van der Waals surface area contributed by atoms with Gasteiger partial charge in [0.15, 0.2) is 0 Å². The van der Waals surface area contributed by atoms with Gasteiger partial charge in [-0.1, -0.05) is 69.7 Å². The second-order valence-electron chi connectivity index (χ2n) is 7.09. The first-order chi connectivity index (χ1) is 16.4. The minimum atomic E-state index is -0.522. The van der Waals surface area contributed by atoms with Gasteiger partial charge in [-0.25, -0.2) is 4.79 Å². The first kappa shape index (κ1) is 25.3. The molecule has 9 nitrogen and oxygen atoms in total. The third kappa shape index (κ3) is 7.92. The number of carbonyl (C=O) groups is 3. The van der Waals surface area contributed by atoms with Crippen LogP contribution in [0.1, 0.15) is 18.9 Å². The number of nitrogens with zero attached hydrogens (tertiary/aromatic N) is 3. The summed E-state index contributed by atoms with van der Waals surface area (Å²) in [6.07, 6.45) is 0.0471. The van der Waals surface area contributed by atoms with Crippen molar-refractivity contribution in [3.8, 4) is 10.6 Å². The molecule has 2 aromatic carbocycles. The number of anilines is 1. The summed E-state index contributed by atoms with van der Waals surface area (Å²) in [4.78, 5) is 38.3. The maximum absolute atomic E-state index is 12.7. The van der Waals surface area contributed by atoms with E-state index in [4.69, 9.17) is 4.74 Å². The molecule has 11 heteroatoms. The number of hydrogen-bond acceptors (Lipinski definition) is 7. The molecule has 1 heterocycles. The molecule has 0 atom stereocenters. The molecule has 3 amide bonds. The van der Waals surface area contributed by atoms with E-state index in [9.17, 15) is 14.4 Å². The Hall–Kier alpha value is -3.31. The molecule has 178 valence electrons. The highest BCUT2D eigenvalue weighted by Gasteiger charge is 2.18. The largest absolute Gasteiger partial charge is 0.465 e. The number of nitrogens with one attached hydrogen (secondary N) is 2. The Morgan fingerprint density at radius 1 is 1.09 bits per heavy atom. The normalized spacial score (nSPS) is 10.4. The van der Waals surface area contributed by atoms with Crippen LogP contribution in [-0.2, 0) is 20.9 Å². The van der Waals surface area contributed by atoms with Crippen LogP contribution in [0.25, 0.3) is 10.6 Å². The van der Waals surface area contributed by atoms with Crippen LogP contribution in [0, 0.1) is 0 Å². The van der Waals surface area contributed by atoms with Crippen LogP contribution in [0.2, 0.25) is 0 Å². The van der Waals surface area contributed by atoms with Gasteiger partial charge in [0.1, 0.15) is 11.6 Å². The average Bonchev–Trinajstić information content (AvgIpc) is 3.29. The zero-order valence-electron chi connectivity index (χ0n) is 18.5. The molecule has 3 aromatic rings. The van der Waals surface area contributed by atoms with Gasteiger partial charge in [0, 0.05) is 29.5 Å². The van der Waals surface area contributed by atoms with Crippen molar-refractivity contribution in [1.29, 1.82) is 0 Å². The Bertz CT molecular complexity index is 1130. The number of urea groups is 1. The second-order valence-corrected chi connectivity index (χ2v) is 8.98. The van der Waals surface area contributed by atoms with Crippen molar-refractivity contribution in [1.82, 2.24) is 20.4 Å². The van der Waals surface area contributed by atoms with Gasteiger partial charge < -0.3 is 20.3 Å². The Morgan fingerprint density at radius 2 is 1.88 bits per heavy atom. The molecule has 0 saturated heterocycles. The van der Waals surface area contributed by atoms with Crippen LogP contribution in [0.3, 0.4) is 0 Å². The zero-order chi connectivity index (χ0) is 24.3. The quantitative estimate of drug-likeness (QED) is 0.371. The molecule has 0 aliphatic rings.